The maximum Gasteiger partial charge on any atom is 0.244 e. The number of hydrogen-bond donors (Lipinski definition) is 1. The molecule has 0 aromatic heterocycles. The van der Waals surface area contributed by atoms with Crippen LogP contribution in [0.2, 0.25) is 0 Å². The topological polar surface area (TPSA) is 86.8 Å². The van der Waals surface area contributed by atoms with E-state index in [4.69, 9.17) is 0 Å². The molecule has 0 heterocycles. The standard InChI is InChI=1S/C25H31BrFN3O4S/c1-3-23(25(32)28-21-8-4-5-9-21)29(16-18-11-13-20(27)14-12-18)24(31)17-30(35(2,33)34)22-10-6-7-19(26)15-22/h6-7,10-15,21,23H,3-5,8-9,16-17H2,1-2H3,(H,28,32)/t23-/m0/s1. The van der Waals surface area contributed by atoms with Crippen molar-refractivity contribution in [2.75, 3.05) is 17.1 Å². The number of carbonyl (C=O) groups excluding carboxylic acids is 2. The molecule has 10 heteroatoms. The Bertz CT molecular complexity index is 1140. The zero-order chi connectivity index (χ0) is 25.6. The number of benzene rings is 2. The fraction of sp³-hybridized carbons (Fsp3) is 0.440. The Kier molecular flexibility index (Phi) is 9.29. The van der Waals surface area contributed by atoms with Crippen LogP contribution < -0.4 is 9.62 Å². The molecule has 0 aliphatic heterocycles. The molecule has 1 aliphatic carbocycles. The lowest BCUT2D eigenvalue weighted by Crippen LogP contribution is -2.53. The van der Waals surface area contributed by atoms with Crippen LogP contribution in [0.1, 0.15) is 44.6 Å². The highest BCUT2D eigenvalue weighted by Crippen LogP contribution is 2.24. The SMILES string of the molecule is CC[C@@H](C(=O)NC1CCCC1)N(Cc1ccc(F)cc1)C(=O)CN(c1cccc(Br)c1)S(C)(=O)=O. The van der Waals surface area contributed by atoms with Crippen molar-refractivity contribution in [3.05, 3.63) is 64.4 Å². The van der Waals surface area contributed by atoms with E-state index in [1.54, 1.807) is 36.4 Å². The third-order valence-electron chi connectivity index (χ3n) is 6.13. The second-order valence-electron chi connectivity index (χ2n) is 8.81. The summed E-state index contributed by atoms with van der Waals surface area (Å²) in [4.78, 5) is 28.2. The molecule has 190 valence electrons. The van der Waals surface area contributed by atoms with Gasteiger partial charge in [-0.3, -0.25) is 13.9 Å². The van der Waals surface area contributed by atoms with Crippen LogP contribution in [-0.4, -0.2) is 50.0 Å². The molecule has 3 rings (SSSR count). The van der Waals surface area contributed by atoms with E-state index in [1.165, 1.54) is 17.0 Å². The molecule has 7 nitrogen and oxygen atoms in total. The molecule has 0 radical (unpaired) electrons. The van der Waals surface area contributed by atoms with Crippen LogP contribution in [0.5, 0.6) is 0 Å². The van der Waals surface area contributed by atoms with E-state index in [0.29, 0.717) is 22.1 Å². The van der Waals surface area contributed by atoms with Gasteiger partial charge in [0.05, 0.1) is 11.9 Å². The molecule has 0 spiro atoms. The predicted molar refractivity (Wildman–Crippen MR) is 138 cm³/mol. The summed E-state index contributed by atoms with van der Waals surface area (Å²) in [6, 6.07) is 11.6. The van der Waals surface area contributed by atoms with Crippen LogP contribution in [0, 0.1) is 5.82 Å². The van der Waals surface area contributed by atoms with Crippen molar-refractivity contribution < 1.29 is 22.4 Å². The van der Waals surface area contributed by atoms with Crippen molar-refractivity contribution in [1.29, 1.82) is 0 Å². The number of amides is 2. The molecular weight excluding hydrogens is 537 g/mol. The molecule has 2 amide bonds. The Morgan fingerprint density at radius 1 is 1.14 bits per heavy atom. The zero-order valence-electron chi connectivity index (χ0n) is 19.9. The van der Waals surface area contributed by atoms with Crippen molar-refractivity contribution in [3.63, 3.8) is 0 Å². The number of carbonyl (C=O) groups is 2. The smallest absolute Gasteiger partial charge is 0.244 e. The maximum atomic E-state index is 13.6. The fourth-order valence-electron chi connectivity index (χ4n) is 4.32. The van der Waals surface area contributed by atoms with Crippen LogP contribution in [0.4, 0.5) is 10.1 Å². The van der Waals surface area contributed by atoms with Crippen molar-refractivity contribution in [2.45, 2.75) is 57.7 Å². The van der Waals surface area contributed by atoms with Gasteiger partial charge in [0.15, 0.2) is 0 Å². The highest BCUT2D eigenvalue weighted by atomic mass is 79.9. The first kappa shape index (κ1) is 27.1. The van der Waals surface area contributed by atoms with Gasteiger partial charge in [0, 0.05) is 17.1 Å². The van der Waals surface area contributed by atoms with Gasteiger partial charge in [0.25, 0.3) is 0 Å². The van der Waals surface area contributed by atoms with Crippen LogP contribution in [0.25, 0.3) is 0 Å². The van der Waals surface area contributed by atoms with Crippen molar-refractivity contribution in [1.82, 2.24) is 10.2 Å². The minimum Gasteiger partial charge on any atom is -0.352 e. The molecule has 35 heavy (non-hydrogen) atoms. The molecule has 2 aromatic carbocycles. The lowest BCUT2D eigenvalue weighted by Gasteiger charge is -2.33. The van der Waals surface area contributed by atoms with Gasteiger partial charge in [-0.15, -0.1) is 0 Å². The van der Waals surface area contributed by atoms with Gasteiger partial charge in [-0.05, 0) is 55.2 Å². The third-order valence-corrected chi connectivity index (χ3v) is 7.76. The molecule has 1 aliphatic rings. The van der Waals surface area contributed by atoms with Crippen molar-refractivity contribution in [3.8, 4) is 0 Å². The molecule has 1 atom stereocenters. The second kappa shape index (κ2) is 12.0. The van der Waals surface area contributed by atoms with Gasteiger partial charge in [0.1, 0.15) is 18.4 Å². The van der Waals surface area contributed by atoms with Crippen LogP contribution >= 0.6 is 15.9 Å². The summed E-state index contributed by atoms with van der Waals surface area (Å²) in [5.74, 6) is -1.19. The van der Waals surface area contributed by atoms with Crippen LogP contribution in [-0.2, 0) is 26.2 Å². The Balaban J connectivity index is 1.91. The lowest BCUT2D eigenvalue weighted by molar-refractivity contribution is -0.140. The molecule has 1 N–H and O–H groups in total. The van der Waals surface area contributed by atoms with E-state index in [1.807, 2.05) is 6.92 Å². The van der Waals surface area contributed by atoms with Gasteiger partial charge in [-0.1, -0.05) is 53.9 Å². The molecule has 1 saturated carbocycles. The van der Waals surface area contributed by atoms with Crippen molar-refractivity contribution in [2.24, 2.45) is 0 Å². The predicted octanol–water partition coefficient (Wildman–Crippen LogP) is 4.22. The number of nitrogens with one attached hydrogen (secondary N) is 1. The monoisotopic (exact) mass is 567 g/mol. The van der Waals surface area contributed by atoms with E-state index in [9.17, 15) is 22.4 Å². The summed E-state index contributed by atoms with van der Waals surface area (Å²) < 4.78 is 40.4. The normalized spacial score (nSPS) is 15.0. The van der Waals surface area contributed by atoms with E-state index >= 15 is 0 Å². The Morgan fingerprint density at radius 2 is 1.80 bits per heavy atom. The first-order valence-electron chi connectivity index (χ1n) is 11.7. The summed E-state index contributed by atoms with van der Waals surface area (Å²) in [5, 5.41) is 3.05. The quantitative estimate of drug-likeness (QED) is 0.465. The summed E-state index contributed by atoms with van der Waals surface area (Å²) in [7, 11) is -3.80. The number of halogens is 2. The number of rotatable bonds is 10. The third kappa shape index (κ3) is 7.51. The molecule has 1 fully saturated rings. The van der Waals surface area contributed by atoms with Crippen molar-refractivity contribution >= 4 is 43.5 Å². The fourth-order valence-corrected chi connectivity index (χ4v) is 5.55. The highest BCUT2D eigenvalue weighted by Gasteiger charge is 2.33. The second-order valence-corrected chi connectivity index (χ2v) is 11.6. The molecule has 0 saturated heterocycles. The van der Waals surface area contributed by atoms with Gasteiger partial charge < -0.3 is 10.2 Å². The molecule has 2 aromatic rings. The lowest BCUT2D eigenvalue weighted by atomic mass is 10.1. The highest BCUT2D eigenvalue weighted by molar-refractivity contribution is 9.10. The van der Waals surface area contributed by atoms with Crippen LogP contribution in [0.3, 0.4) is 0 Å². The van der Waals surface area contributed by atoms with Gasteiger partial charge >= 0.3 is 0 Å². The first-order valence-corrected chi connectivity index (χ1v) is 14.3. The number of nitrogens with zero attached hydrogens (tertiary/aromatic N) is 2. The van der Waals surface area contributed by atoms with Gasteiger partial charge in [-0.2, -0.15) is 0 Å². The summed E-state index contributed by atoms with van der Waals surface area (Å²) in [5.41, 5.74) is 0.973. The molecule has 0 bridgehead atoms. The summed E-state index contributed by atoms with van der Waals surface area (Å²) in [6.07, 6.45) is 5.29. The largest absolute Gasteiger partial charge is 0.352 e. The van der Waals surface area contributed by atoms with Gasteiger partial charge in [0.2, 0.25) is 21.8 Å². The van der Waals surface area contributed by atoms with E-state index in [-0.39, 0.29) is 18.5 Å². The van der Waals surface area contributed by atoms with Crippen LogP contribution in [0.15, 0.2) is 53.0 Å². The van der Waals surface area contributed by atoms with Gasteiger partial charge in [-0.25, -0.2) is 12.8 Å². The maximum absolute atomic E-state index is 13.6. The number of anilines is 1. The summed E-state index contributed by atoms with van der Waals surface area (Å²) in [6.45, 7) is 1.39. The Labute approximate surface area is 214 Å². The Morgan fingerprint density at radius 3 is 2.37 bits per heavy atom. The first-order chi connectivity index (χ1) is 16.6. The number of hydrogen-bond acceptors (Lipinski definition) is 4. The minimum atomic E-state index is -3.80. The molecule has 0 unspecified atom stereocenters. The average molecular weight is 569 g/mol. The molecular formula is C25H31BrFN3O4S. The summed E-state index contributed by atoms with van der Waals surface area (Å²) >= 11 is 3.34. The average Bonchev–Trinajstić information content (AvgIpc) is 3.30. The zero-order valence-corrected chi connectivity index (χ0v) is 22.3. The minimum absolute atomic E-state index is 0.0474. The van der Waals surface area contributed by atoms with E-state index < -0.39 is 34.3 Å². The number of sulfonamides is 1. The van der Waals surface area contributed by atoms with E-state index in [0.717, 1.165) is 36.2 Å². The van der Waals surface area contributed by atoms with E-state index in [2.05, 4.69) is 21.2 Å². The Hall–Kier alpha value is -2.46.